The normalized spacial score (nSPS) is 11.0. The first-order valence-electron chi connectivity index (χ1n) is 12.6. The van der Waals surface area contributed by atoms with Gasteiger partial charge in [-0.15, -0.1) is 0 Å². The van der Waals surface area contributed by atoms with Gasteiger partial charge in [0.1, 0.15) is 0 Å². The van der Waals surface area contributed by atoms with Crippen molar-refractivity contribution in [2.45, 2.75) is 33.2 Å². The van der Waals surface area contributed by atoms with E-state index < -0.39 is 0 Å². The lowest BCUT2D eigenvalue weighted by Gasteiger charge is -2.14. The summed E-state index contributed by atoms with van der Waals surface area (Å²) in [6.45, 7) is 7.01. The van der Waals surface area contributed by atoms with Crippen LogP contribution in [0.3, 0.4) is 0 Å². The maximum Gasteiger partial charge on any atom is 0.293 e. The van der Waals surface area contributed by atoms with Crippen LogP contribution in [0.4, 0.5) is 11.5 Å². The Morgan fingerprint density at radius 2 is 1.81 bits per heavy atom. The van der Waals surface area contributed by atoms with E-state index in [4.69, 9.17) is 9.47 Å². The molecule has 0 spiro atoms. The van der Waals surface area contributed by atoms with Gasteiger partial charge in [-0.2, -0.15) is 0 Å². The lowest BCUT2D eigenvalue weighted by Crippen LogP contribution is -2.28. The fourth-order valence-electron chi connectivity index (χ4n) is 3.97. The Kier molecular flexibility index (Phi) is 9.04. The number of anilines is 2. The van der Waals surface area contributed by atoms with Gasteiger partial charge in [0.15, 0.2) is 11.5 Å². The molecule has 2 N–H and O–H groups in total. The third-order valence-corrected chi connectivity index (χ3v) is 5.88. The Balaban J connectivity index is 1.53. The Morgan fingerprint density at radius 3 is 2.57 bits per heavy atom. The number of ether oxygens (including phenoxy) is 2. The van der Waals surface area contributed by atoms with Crippen LogP contribution in [-0.4, -0.2) is 52.9 Å². The van der Waals surface area contributed by atoms with Crippen LogP contribution in [0.25, 0.3) is 22.3 Å². The Bertz CT molecular complexity index is 1370. The fourth-order valence-corrected chi connectivity index (χ4v) is 3.97. The largest absolute Gasteiger partial charge is 0.481 e. The summed E-state index contributed by atoms with van der Waals surface area (Å²) in [6.07, 6.45) is 5.22. The Hall–Kier alpha value is -3.98. The number of methoxy groups -OCH3 is 1. The molecule has 0 fully saturated rings. The average Bonchev–Trinajstić information content (AvgIpc) is 2.92. The van der Waals surface area contributed by atoms with E-state index in [1.807, 2.05) is 24.3 Å². The summed E-state index contributed by atoms with van der Waals surface area (Å²) in [5.41, 5.74) is 4.99. The molecule has 194 valence electrons. The van der Waals surface area contributed by atoms with E-state index in [9.17, 15) is 4.79 Å². The minimum absolute atomic E-state index is 0.189. The molecule has 9 heteroatoms. The van der Waals surface area contributed by atoms with Crippen LogP contribution < -0.4 is 20.9 Å². The highest BCUT2D eigenvalue weighted by molar-refractivity contribution is 5.78. The molecular formula is C28H34N6O3. The summed E-state index contributed by atoms with van der Waals surface area (Å²) in [7, 11) is 1.58. The number of rotatable bonds is 13. The van der Waals surface area contributed by atoms with E-state index in [2.05, 4.69) is 51.6 Å². The molecule has 1 aromatic carbocycles. The van der Waals surface area contributed by atoms with Crippen molar-refractivity contribution in [3.63, 3.8) is 0 Å². The van der Waals surface area contributed by atoms with Crippen molar-refractivity contribution in [1.29, 1.82) is 0 Å². The van der Waals surface area contributed by atoms with Gasteiger partial charge in [0.25, 0.3) is 5.56 Å². The first-order valence-corrected chi connectivity index (χ1v) is 12.6. The van der Waals surface area contributed by atoms with Gasteiger partial charge in [-0.1, -0.05) is 19.1 Å². The topological polar surface area (TPSA) is 103 Å². The number of hydrogen-bond donors (Lipinski definition) is 2. The van der Waals surface area contributed by atoms with E-state index in [0.29, 0.717) is 49.2 Å². The molecule has 3 heterocycles. The zero-order valence-electron chi connectivity index (χ0n) is 21.7. The predicted octanol–water partition coefficient (Wildman–Crippen LogP) is 4.51. The quantitative estimate of drug-likeness (QED) is 0.258. The van der Waals surface area contributed by atoms with E-state index >= 15 is 0 Å². The van der Waals surface area contributed by atoms with Crippen LogP contribution in [0.15, 0.2) is 59.7 Å². The number of nitrogens with one attached hydrogen (secondary N) is 2. The number of fused-ring (bicyclic) bond motifs is 1. The Morgan fingerprint density at radius 1 is 0.973 bits per heavy atom. The van der Waals surface area contributed by atoms with Crippen molar-refractivity contribution in [1.82, 2.24) is 19.5 Å². The Labute approximate surface area is 216 Å². The molecule has 37 heavy (non-hydrogen) atoms. The maximum atomic E-state index is 13.4. The summed E-state index contributed by atoms with van der Waals surface area (Å²) in [5, 5.41) is 6.63. The maximum absolute atomic E-state index is 13.4. The third kappa shape index (κ3) is 6.83. The molecule has 0 aliphatic carbocycles. The molecule has 0 amide bonds. The average molecular weight is 503 g/mol. The smallest absolute Gasteiger partial charge is 0.293 e. The SMILES string of the molecule is CCCOCCn1c(=O)c(NCCCNc2cccc(C)c2)nc2ncc(-c3ccc(OC)nc3)cc21. The first-order chi connectivity index (χ1) is 18.1. The highest BCUT2D eigenvalue weighted by Crippen LogP contribution is 2.23. The fraction of sp³-hybridized carbons (Fsp3) is 0.357. The van der Waals surface area contributed by atoms with Gasteiger partial charge < -0.3 is 20.1 Å². The van der Waals surface area contributed by atoms with Gasteiger partial charge in [0.2, 0.25) is 5.88 Å². The predicted molar refractivity (Wildman–Crippen MR) is 147 cm³/mol. The van der Waals surface area contributed by atoms with Gasteiger partial charge in [0, 0.05) is 61.5 Å². The molecule has 3 aromatic heterocycles. The van der Waals surface area contributed by atoms with Crippen molar-refractivity contribution in [2.24, 2.45) is 0 Å². The molecule has 0 saturated heterocycles. The summed E-state index contributed by atoms with van der Waals surface area (Å²) in [4.78, 5) is 26.8. The van der Waals surface area contributed by atoms with E-state index in [1.165, 1.54) is 5.56 Å². The zero-order valence-corrected chi connectivity index (χ0v) is 21.7. The minimum atomic E-state index is -0.189. The van der Waals surface area contributed by atoms with Crippen LogP contribution in [-0.2, 0) is 11.3 Å². The molecule has 9 nitrogen and oxygen atoms in total. The second kappa shape index (κ2) is 12.8. The van der Waals surface area contributed by atoms with Crippen LogP contribution in [0.1, 0.15) is 25.3 Å². The molecule has 0 radical (unpaired) electrons. The molecule has 0 aliphatic rings. The molecule has 0 unspecified atom stereocenters. The van der Waals surface area contributed by atoms with Gasteiger partial charge in [0.05, 0.1) is 19.2 Å². The molecule has 0 aliphatic heterocycles. The lowest BCUT2D eigenvalue weighted by molar-refractivity contribution is 0.127. The first kappa shape index (κ1) is 26.1. The van der Waals surface area contributed by atoms with Crippen LogP contribution in [0, 0.1) is 6.92 Å². The van der Waals surface area contributed by atoms with Crippen molar-refractivity contribution < 1.29 is 9.47 Å². The van der Waals surface area contributed by atoms with Gasteiger partial charge >= 0.3 is 0 Å². The second-order valence-electron chi connectivity index (χ2n) is 8.76. The summed E-state index contributed by atoms with van der Waals surface area (Å²) in [5.74, 6) is 0.832. The van der Waals surface area contributed by atoms with Gasteiger partial charge in [-0.05, 0) is 49.6 Å². The number of aryl methyl sites for hydroxylation is 1. The van der Waals surface area contributed by atoms with Crippen LogP contribution in [0.5, 0.6) is 5.88 Å². The summed E-state index contributed by atoms with van der Waals surface area (Å²) in [6, 6.07) is 13.9. The highest BCUT2D eigenvalue weighted by Gasteiger charge is 2.13. The van der Waals surface area contributed by atoms with Crippen molar-refractivity contribution in [2.75, 3.05) is 44.0 Å². The number of aromatic nitrogens is 4. The van der Waals surface area contributed by atoms with E-state index in [1.54, 1.807) is 30.1 Å². The number of pyridine rings is 2. The second-order valence-corrected chi connectivity index (χ2v) is 8.76. The van der Waals surface area contributed by atoms with E-state index in [0.717, 1.165) is 36.2 Å². The zero-order chi connectivity index (χ0) is 26.0. The monoisotopic (exact) mass is 502 g/mol. The molecule has 0 atom stereocenters. The molecular weight excluding hydrogens is 468 g/mol. The lowest BCUT2D eigenvalue weighted by atomic mass is 10.1. The van der Waals surface area contributed by atoms with Crippen LogP contribution in [0.2, 0.25) is 0 Å². The molecule has 4 aromatic rings. The molecule has 4 rings (SSSR count). The number of benzene rings is 1. The summed E-state index contributed by atoms with van der Waals surface area (Å²) < 4.78 is 12.5. The molecule has 0 saturated carbocycles. The van der Waals surface area contributed by atoms with Crippen molar-refractivity contribution in [3.8, 4) is 17.0 Å². The van der Waals surface area contributed by atoms with Gasteiger partial charge in [-0.25, -0.2) is 15.0 Å². The highest BCUT2D eigenvalue weighted by atomic mass is 16.5. The van der Waals surface area contributed by atoms with Crippen molar-refractivity contribution >= 4 is 22.7 Å². The standard InChI is InChI=1S/C28H34N6O3/c1-4-14-37-15-13-34-24-17-22(21-9-10-25(36-3)31-18-21)19-32-26(24)33-27(28(34)35)30-12-6-11-29-23-8-5-7-20(2)16-23/h5,7-10,16-19,29H,4,6,11-15H2,1-3H3,(H,30,32,33). The van der Waals surface area contributed by atoms with Crippen molar-refractivity contribution in [3.05, 3.63) is 70.8 Å². The van der Waals surface area contributed by atoms with Gasteiger partial charge in [-0.3, -0.25) is 9.36 Å². The van der Waals surface area contributed by atoms with E-state index in [-0.39, 0.29) is 5.56 Å². The third-order valence-electron chi connectivity index (χ3n) is 5.88. The minimum Gasteiger partial charge on any atom is -0.481 e. The summed E-state index contributed by atoms with van der Waals surface area (Å²) >= 11 is 0. The molecule has 0 bridgehead atoms. The number of nitrogens with zero attached hydrogens (tertiary/aromatic N) is 4. The van der Waals surface area contributed by atoms with Crippen LogP contribution >= 0.6 is 0 Å². The number of hydrogen-bond acceptors (Lipinski definition) is 8.